The highest BCUT2D eigenvalue weighted by Crippen LogP contribution is 2.27. The van der Waals surface area contributed by atoms with Crippen molar-refractivity contribution >= 4 is 15.9 Å². The zero-order valence-corrected chi connectivity index (χ0v) is 13.8. The van der Waals surface area contributed by atoms with Crippen molar-refractivity contribution in [3.8, 4) is 0 Å². The Balaban J connectivity index is 2.55. The van der Waals surface area contributed by atoms with Gasteiger partial charge in [0.25, 0.3) is 0 Å². The third kappa shape index (κ3) is 3.39. The second kappa shape index (κ2) is 6.64. The topological polar surface area (TPSA) is 107 Å². The summed E-state index contributed by atoms with van der Waals surface area (Å²) >= 11 is 0. The number of rotatable bonds is 6. The van der Waals surface area contributed by atoms with Crippen LogP contribution in [0.1, 0.15) is 6.92 Å². The lowest BCUT2D eigenvalue weighted by Crippen LogP contribution is -2.58. The first-order valence-electron chi connectivity index (χ1n) is 6.73. The summed E-state index contributed by atoms with van der Waals surface area (Å²) in [7, 11) is -5.38. The molecule has 1 aromatic carbocycles. The minimum Gasteiger partial charge on any atom is -0.368 e. The van der Waals surface area contributed by atoms with Gasteiger partial charge in [-0.3, -0.25) is 9.48 Å². The van der Waals surface area contributed by atoms with Crippen LogP contribution in [0, 0.1) is 29.1 Å². The molecule has 142 valence electrons. The molecule has 0 aliphatic carbocycles. The fraction of sp³-hybridized carbons (Fsp3) is 0.231. The Labute approximate surface area is 143 Å². The maximum absolute atomic E-state index is 13.8. The highest BCUT2D eigenvalue weighted by molar-refractivity contribution is 7.89. The second-order valence-electron chi connectivity index (χ2n) is 5.40. The monoisotopic (exact) mass is 398 g/mol. The van der Waals surface area contributed by atoms with Crippen LogP contribution in [-0.2, 0) is 21.4 Å². The number of benzene rings is 1. The molecule has 1 amide bonds. The van der Waals surface area contributed by atoms with E-state index in [0.717, 1.165) is 11.6 Å². The van der Waals surface area contributed by atoms with Gasteiger partial charge in [-0.2, -0.15) is 9.82 Å². The van der Waals surface area contributed by atoms with Crippen LogP contribution in [0.5, 0.6) is 0 Å². The molecule has 1 aromatic heterocycles. The van der Waals surface area contributed by atoms with Crippen LogP contribution in [-0.4, -0.2) is 29.6 Å². The van der Waals surface area contributed by atoms with Crippen LogP contribution < -0.4 is 10.5 Å². The number of aromatic nitrogens is 2. The van der Waals surface area contributed by atoms with Crippen molar-refractivity contribution in [2.45, 2.75) is 23.9 Å². The molecule has 0 aliphatic heterocycles. The van der Waals surface area contributed by atoms with Crippen molar-refractivity contribution in [3.63, 3.8) is 0 Å². The normalized spacial score (nSPS) is 14.2. The van der Waals surface area contributed by atoms with Crippen LogP contribution in [0.4, 0.5) is 22.0 Å². The van der Waals surface area contributed by atoms with Gasteiger partial charge in [0.2, 0.25) is 21.7 Å². The van der Waals surface area contributed by atoms with Crippen molar-refractivity contribution in [3.05, 3.63) is 47.5 Å². The lowest BCUT2D eigenvalue weighted by atomic mass is 10.0. The third-order valence-corrected chi connectivity index (χ3v) is 4.99. The zero-order valence-electron chi connectivity index (χ0n) is 12.9. The molecule has 7 nitrogen and oxygen atoms in total. The summed E-state index contributed by atoms with van der Waals surface area (Å²) < 4.78 is 94.3. The first-order chi connectivity index (χ1) is 11.9. The number of nitrogens with two attached hydrogens (primary N) is 1. The molecule has 0 bridgehead atoms. The SMILES string of the molecule is CC(Cn1cccn1)(NS(=O)(=O)c1c(F)c(F)c(F)c(F)c1F)C(N)=O. The molecule has 0 aliphatic rings. The van der Waals surface area contributed by atoms with E-state index in [1.165, 1.54) is 18.5 Å². The summed E-state index contributed by atoms with van der Waals surface area (Å²) in [5.74, 6) is -13.8. The van der Waals surface area contributed by atoms with E-state index in [1.807, 2.05) is 0 Å². The summed E-state index contributed by atoms with van der Waals surface area (Å²) in [6.07, 6.45) is 2.62. The fourth-order valence-corrected chi connectivity index (χ4v) is 3.56. The summed E-state index contributed by atoms with van der Waals surface area (Å²) in [6, 6.07) is 1.43. The lowest BCUT2D eigenvalue weighted by Gasteiger charge is -2.27. The van der Waals surface area contributed by atoms with Crippen molar-refractivity contribution in [1.29, 1.82) is 0 Å². The molecule has 0 fully saturated rings. The van der Waals surface area contributed by atoms with Crippen LogP contribution >= 0.6 is 0 Å². The van der Waals surface area contributed by atoms with E-state index in [0.29, 0.717) is 0 Å². The van der Waals surface area contributed by atoms with Crippen molar-refractivity contribution in [1.82, 2.24) is 14.5 Å². The van der Waals surface area contributed by atoms with Crippen molar-refractivity contribution < 1.29 is 35.2 Å². The van der Waals surface area contributed by atoms with Gasteiger partial charge < -0.3 is 5.73 Å². The van der Waals surface area contributed by atoms with Gasteiger partial charge in [-0.1, -0.05) is 0 Å². The van der Waals surface area contributed by atoms with Gasteiger partial charge in [-0.05, 0) is 13.0 Å². The van der Waals surface area contributed by atoms with Gasteiger partial charge in [-0.15, -0.1) is 0 Å². The average molecular weight is 398 g/mol. The minimum absolute atomic E-state index is 0.510. The summed E-state index contributed by atoms with van der Waals surface area (Å²) in [5, 5.41) is 3.72. The van der Waals surface area contributed by atoms with Crippen LogP contribution in [0.15, 0.2) is 23.4 Å². The highest BCUT2D eigenvalue weighted by atomic mass is 32.2. The van der Waals surface area contributed by atoms with Gasteiger partial charge in [0.1, 0.15) is 5.54 Å². The number of halogens is 5. The van der Waals surface area contributed by atoms with Crippen LogP contribution in [0.2, 0.25) is 0 Å². The summed E-state index contributed by atoms with van der Waals surface area (Å²) in [6.45, 7) is 0.449. The number of amides is 1. The molecule has 2 aromatic rings. The number of nitrogens with zero attached hydrogens (tertiary/aromatic N) is 2. The molecule has 0 saturated carbocycles. The van der Waals surface area contributed by atoms with Gasteiger partial charge in [0.15, 0.2) is 28.2 Å². The zero-order chi connectivity index (χ0) is 19.9. The van der Waals surface area contributed by atoms with E-state index in [2.05, 4.69) is 5.10 Å². The molecule has 1 atom stereocenters. The largest absolute Gasteiger partial charge is 0.368 e. The van der Waals surface area contributed by atoms with Crippen molar-refractivity contribution in [2.24, 2.45) is 5.73 Å². The molecule has 26 heavy (non-hydrogen) atoms. The fourth-order valence-electron chi connectivity index (χ4n) is 2.05. The van der Waals surface area contributed by atoms with E-state index in [1.54, 1.807) is 4.72 Å². The molecule has 0 saturated heterocycles. The number of carbonyl (C=O) groups is 1. The minimum atomic E-state index is -5.38. The number of hydrogen-bond acceptors (Lipinski definition) is 4. The molecule has 0 spiro atoms. The average Bonchev–Trinajstić information content (AvgIpc) is 3.02. The van der Waals surface area contributed by atoms with E-state index in [-0.39, 0.29) is 0 Å². The Hall–Kier alpha value is -2.54. The van der Waals surface area contributed by atoms with E-state index >= 15 is 0 Å². The number of primary amides is 1. The Morgan fingerprint density at radius 3 is 2.08 bits per heavy atom. The molecule has 13 heteroatoms. The van der Waals surface area contributed by atoms with E-state index < -0.39 is 62.0 Å². The molecule has 2 rings (SSSR count). The number of nitrogens with one attached hydrogen (secondary N) is 1. The van der Waals surface area contributed by atoms with Gasteiger partial charge in [0.05, 0.1) is 6.54 Å². The van der Waals surface area contributed by atoms with E-state index in [4.69, 9.17) is 5.73 Å². The first-order valence-corrected chi connectivity index (χ1v) is 8.22. The highest BCUT2D eigenvalue weighted by Gasteiger charge is 2.41. The predicted molar refractivity (Wildman–Crippen MR) is 76.4 cm³/mol. The predicted octanol–water partition coefficient (Wildman–Crippen LogP) is 0.801. The van der Waals surface area contributed by atoms with Gasteiger partial charge >= 0.3 is 0 Å². The summed E-state index contributed by atoms with van der Waals surface area (Å²) in [5.41, 5.74) is 2.94. The van der Waals surface area contributed by atoms with Gasteiger partial charge in [-0.25, -0.2) is 30.4 Å². The van der Waals surface area contributed by atoms with Crippen LogP contribution in [0.3, 0.4) is 0 Å². The molecular formula is C13H11F5N4O3S. The second-order valence-corrected chi connectivity index (χ2v) is 7.02. The molecule has 0 radical (unpaired) electrons. The van der Waals surface area contributed by atoms with Crippen molar-refractivity contribution in [2.75, 3.05) is 0 Å². The lowest BCUT2D eigenvalue weighted by molar-refractivity contribution is -0.123. The Bertz CT molecular complexity index is 936. The quantitative estimate of drug-likeness (QED) is 0.426. The number of hydrogen-bond donors (Lipinski definition) is 2. The molecule has 3 N–H and O–H groups in total. The molecular weight excluding hydrogens is 387 g/mol. The Morgan fingerprint density at radius 1 is 1.15 bits per heavy atom. The Kier molecular flexibility index (Phi) is 5.05. The Morgan fingerprint density at radius 2 is 1.65 bits per heavy atom. The summed E-state index contributed by atoms with van der Waals surface area (Å²) in [4.78, 5) is 9.55. The third-order valence-electron chi connectivity index (χ3n) is 3.38. The standard InChI is InChI=1S/C13H11F5N4O3S/c1-13(12(19)23,5-22-4-2-3-20-22)21-26(24,25)11-9(17)7(15)6(14)8(16)10(11)18/h2-4,21H,5H2,1H3,(H2,19,23). The van der Waals surface area contributed by atoms with Crippen LogP contribution in [0.25, 0.3) is 0 Å². The molecule has 1 heterocycles. The number of carbonyl (C=O) groups excluding carboxylic acids is 1. The smallest absolute Gasteiger partial charge is 0.247 e. The maximum atomic E-state index is 13.8. The van der Waals surface area contributed by atoms with Gasteiger partial charge in [0, 0.05) is 12.4 Å². The molecule has 1 unspecified atom stereocenters. The van der Waals surface area contributed by atoms with E-state index in [9.17, 15) is 35.2 Å². The number of sulfonamides is 1. The first kappa shape index (κ1) is 19.8. The maximum Gasteiger partial charge on any atom is 0.247 e.